The maximum atomic E-state index is 15.4. The van der Waals surface area contributed by atoms with E-state index in [0.29, 0.717) is 29.6 Å². The monoisotopic (exact) mass is 549 g/mol. The Kier molecular flexibility index (Phi) is 6.05. The van der Waals surface area contributed by atoms with Crippen LogP contribution in [0, 0.1) is 5.92 Å². The molecule has 1 aromatic carbocycles. The van der Waals surface area contributed by atoms with Gasteiger partial charge in [0.05, 0.1) is 23.2 Å². The first-order chi connectivity index (χ1) is 18.6. The number of piperidine rings is 1. The average molecular weight is 550 g/mol. The van der Waals surface area contributed by atoms with Crippen LogP contribution in [0.15, 0.2) is 41.9 Å². The Bertz CT molecular complexity index is 1660. The number of alkyl halides is 1. The van der Waals surface area contributed by atoms with Gasteiger partial charge in [-0.3, -0.25) is 19.6 Å². The van der Waals surface area contributed by atoms with Crippen molar-refractivity contribution in [2.45, 2.75) is 45.5 Å². The highest BCUT2D eigenvalue weighted by atomic mass is 32.1. The molecule has 4 aromatic rings. The average Bonchev–Trinajstić information content (AvgIpc) is 3.62. The van der Waals surface area contributed by atoms with Crippen molar-refractivity contribution in [3.05, 3.63) is 53.2 Å². The molecule has 5 heterocycles. The third kappa shape index (κ3) is 4.50. The van der Waals surface area contributed by atoms with E-state index in [2.05, 4.69) is 10.3 Å². The fraction of sp³-hybridized carbons (Fsp3) is 0.357. The zero-order valence-electron chi connectivity index (χ0n) is 21.8. The van der Waals surface area contributed by atoms with E-state index in [1.54, 1.807) is 31.6 Å². The molecule has 2 aliphatic heterocycles. The number of aromatic amines is 1. The normalized spacial score (nSPS) is 20.4. The standard InChI is InChI=1S/C28H28FN5O4S/c1-28(2,3)38-27(37)33-10-8-15(19(29)14-33)13-34-20-7-5-4-6-17(20)23(32-34)22-21(24(35)31-25(22)36)18-12-30-26-16(18)9-11-39-26/h4-7,9,11-12,15,19,30H,8,10,13-14H2,1-3H3,(H,31,35,36)/t15-,19-/m0/s1. The summed E-state index contributed by atoms with van der Waals surface area (Å²) in [5.74, 6) is -1.37. The van der Waals surface area contributed by atoms with Crippen molar-refractivity contribution in [1.82, 2.24) is 25.0 Å². The molecule has 0 saturated carbocycles. The number of ether oxygens (including phenoxy) is 1. The van der Waals surface area contributed by atoms with Gasteiger partial charge in [-0.1, -0.05) is 18.2 Å². The first-order valence-electron chi connectivity index (χ1n) is 12.8. The minimum atomic E-state index is -1.27. The van der Waals surface area contributed by atoms with Gasteiger partial charge in [-0.15, -0.1) is 11.3 Å². The summed E-state index contributed by atoms with van der Waals surface area (Å²) < 4.78 is 22.5. The lowest BCUT2D eigenvalue weighted by Crippen LogP contribution is -2.47. The second kappa shape index (κ2) is 9.33. The van der Waals surface area contributed by atoms with E-state index in [4.69, 9.17) is 9.84 Å². The van der Waals surface area contributed by atoms with Gasteiger partial charge in [0.1, 0.15) is 22.3 Å². The SMILES string of the molecule is CC(C)(C)OC(=O)N1CC[C@@H](Cn2nc(C3=C(c4c[nH]c5sccc45)C(=O)NC3=O)c3ccccc32)[C@@H](F)C1. The molecular weight excluding hydrogens is 521 g/mol. The molecule has 202 valence electrons. The molecule has 9 nitrogen and oxygen atoms in total. The summed E-state index contributed by atoms with van der Waals surface area (Å²) in [6.45, 7) is 5.93. The lowest BCUT2D eigenvalue weighted by molar-refractivity contribution is -0.122. The van der Waals surface area contributed by atoms with Crippen LogP contribution in [0.2, 0.25) is 0 Å². The zero-order chi connectivity index (χ0) is 27.5. The van der Waals surface area contributed by atoms with Crippen LogP contribution >= 0.6 is 11.3 Å². The molecular formula is C28H28FN5O4S. The quantitative estimate of drug-likeness (QED) is 0.358. The van der Waals surface area contributed by atoms with Gasteiger partial charge in [-0.25, -0.2) is 9.18 Å². The predicted molar refractivity (Wildman–Crippen MR) is 147 cm³/mol. The number of fused-ring (bicyclic) bond motifs is 2. The fourth-order valence-corrected chi connectivity index (χ4v) is 6.09. The number of likely N-dealkylation sites (tertiary alicyclic amines) is 1. The van der Waals surface area contributed by atoms with Crippen LogP contribution in [0.4, 0.5) is 9.18 Å². The van der Waals surface area contributed by atoms with Gasteiger partial charge in [-0.05, 0) is 44.7 Å². The van der Waals surface area contributed by atoms with Crippen LogP contribution in [-0.2, 0) is 20.9 Å². The molecule has 6 rings (SSSR count). The van der Waals surface area contributed by atoms with Crippen LogP contribution in [0.1, 0.15) is 38.4 Å². The Labute approximate surface area is 227 Å². The number of benzene rings is 1. The Morgan fingerprint density at radius 2 is 1.92 bits per heavy atom. The number of nitrogens with one attached hydrogen (secondary N) is 2. The molecule has 3 aromatic heterocycles. The third-order valence-corrected chi connectivity index (χ3v) is 7.98. The Morgan fingerprint density at radius 3 is 2.69 bits per heavy atom. The van der Waals surface area contributed by atoms with Crippen LogP contribution in [0.3, 0.4) is 0 Å². The molecule has 11 heteroatoms. The summed E-state index contributed by atoms with van der Waals surface area (Å²) in [6.07, 6.45) is 0.392. The summed E-state index contributed by atoms with van der Waals surface area (Å²) in [7, 11) is 0. The number of hydrogen-bond acceptors (Lipinski definition) is 6. The van der Waals surface area contributed by atoms with Crippen molar-refractivity contribution in [2.75, 3.05) is 13.1 Å². The third-order valence-electron chi connectivity index (χ3n) is 7.13. The molecule has 1 fully saturated rings. The van der Waals surface area contributed by atoms with E-state index in [0.717, 1.165) is 15.7 Å². The van der Waals surface area contributed by atoms with Gasteiger partial charge in [0.25, 0.3) is 11.8 Å². The highest BCUT2D eigenvalue weighted by Crippen LogP contribution is 2.38. The summed E-state index contributed by atoms with van der Waals surface area (Å²) in [5, 5.41) is 10.7. The Hall–Kier alpha value is -3.99. The van der Waals surface area contributed by atoms with Crippen molar-refractivity contribution in [1.29, 1.82) is 0 Å². The number of carbonyl (C=O) groups excluding carboxylic acids is 3. The number of halogens is 1. The van der Waals surface area contributed by atoms with E-state index < -0.39 is 29.7 Å². The number of imide groups is 1. The highest BCUT2D eigenvalue weighted by Gasteiger charge is 2.37. The van der Waals surface area contributed by atoms with Crippen LogP contribution in [0.25, 0.3) is 32.3 Å². The summed E-state index contributed by atoms with van der Waals surface area (Å²) in [4.78, 5) is 44.0. The molecule has 1 saturated heterocycles. The molecule has 0 unspecified atom stereocenters. The second-order valence-electron chi connectivity index (χ2n) is 10.9. The first kappa shape index (κ1) is 25.3. The van der Waals surface area contributed by atoms with Crippen LogP contribution in [-0.4, -0.2) is 62.4 Å². The highest BCUT2D eigenvalue weighted by molar-refractivity contribution is 7.16. The number of amides is 3. The van der Waals surface area contributed by atoms with Gasteiger partial charge in [0.15, 0.2) is 0 Å². The summed E-state index contributed by atoms with van der Waals surface area (Å²) in [6, 6.07) is 9.34. The lowest BCUT2D eigenvalue weighted by atomic mass is 9.95. The number of thiophene rings is 1. The van der Waals surface area contributed by atoms with Crippen LogP contribution in [0.5, 0.6) is 0 Å². The molecule has 39 heavy (non-hydrogen) atoms. The smallest absolute Gasteiger partial charge is 0.410 e. The lowest BCUT2D eigenvalue weighted by Gasteiger charge is -2.35. The number of para-hydroxylation sites is 1. The van der Waals surface area contributed by atoms with E-state index in [1.165, 1.54) is 16.2 Å². The molecule has 0 aliphatic carbocycles. The first-order valence-corrected chi connectivity index (χ1v) is 13.7. The minimum Gasteiger partial charge on any atom is -0.444 e. The van der Waals surface area contributed by atoms with Crippen molar-refractivity contribution in [3.8, 4) is 0 Å². The number of rotatable bonds is 4. The van der Waals surface area contributed by atoms with Gasteiger partial charge in [0, 0.05) is 41.5 Å². The van der Waals surface area contributed by atoms with Gasteiger partial charge < -0.3 is 14.6 Å². The zero-order valence-corrected chi connectivity index (χ0v) is 22.6. The predicted octanol–water partition coefficient (Wildman–Crippen LogP) is 4.74. The van der Waals surface area contributed by atoms with Gasteiger partial charge >= 0.3 is 6.09 Å². The summed E-state index contributed by atoms with van der Waals surface area (Å²) >= 11 is 1.51. The van der Waals surface area contributed by atoms with E-state index in [-0.39, 0.29) is 30.2 Å². The summed E-state index contributed by atoms with van der Waals surface area (Å²) in [5.41, 5.74) is 1.59. The van der Waals surface area contributed by atoms with Crippen molar-refractivity contribution in [3.63, 3.8) is 0 Å². The number of carbonyl (C=O) groups is 3. The molecule has 3 amide bonds. The number of hydrogen-bond donors (Lipinski definition) is 2. The maximum Gasteiger partial charge on any atom is 0.410 e. The Morgan fingerprint density at radius 1 is 1.15 bits per heavy atom. The van der Waals surface area contributed by atoms with Crippen LogP contribution < -0.4 is 5.32 Å². The second-order valence-corrected chi connectivity index (χ2v) is 11.9. The van der Waals surface area contributed by atoms with E-state index in [1.807, 2.05) is 35.7 Å². The molecule has 2 atom stereocenters. The molecule has 2 aliphatic rings. The topological polar surface area (TPSA) is 109 Å². The number of nitrogens with zero attached hydrogens (tertiary/aromatic N) is 3. The molecule has 0 bridgehead atoms. The van der Waals surface area contributed by atoms with Crippen molar-refractivity contribution in [2.24, 2.45) is 5.92 Å². The maximum absolute atomic E-state index is 15.4. The van der Waals surface area contributed by atoms with Crippen molar-refractivity contribution >= 4 is 61.5 Å². The molecule has 2 N–H and O–H groups in total. The van der Waals surface area contributed by atoms with E-state index >= 15 is 4.39 Å². The van der Waals surface area contributed by atoms with Crippen molar-refractivity contribution < 1.29 is 23.5 Å². The van der Waals surface area contributed by atoms with Gasteiger partial charge in [-0.2, -0.15) is 5.10 Å². The number of aromatic nitrogens is 3. The fourth-order valence-electron chi connectivity index (χ4n) is 5.32. The van der Waals surface area contributed by atoms with Gasteiger partial charge in [0.2, 0.25) is 0 Å². The van der Waals surface area contributed by atoms with E-state index in [9.17, 15) is 14.4 Å². The molecule has 0 radical (unpaired) electrons. The Balaban J connectivity index is 1.34. The minimum absolute atomic E-state index is 0.0536. The number of H-pyrrole nitrogens is 1. The largest absolute Gasteiger partial charge is 0.444 e. The molecule has 0 spiro atoms.